The standard InChI is InChI=1S/C30H32N4O5/c1-38-25-13-11-22(12-14-25)28(36)32-17-15-30(16-18-32)29(37)33(21-34(30)24-8-4-3-5-9-24)20-27(35)31-23-7-6-10-26(19-23)39-2/h3-14,19H,15-18,20-21H2,1-2H3,(H,31,35). The van der Waals surface area contributed by atoms with Crippen LogP contribution in [-0.2, 0) is 9.59 Å². The highest BCUT2D eigenvalue weighted by Crippen LogP contribution is 2.39. The molecule has 3 aromatic carbocycles. The summed E-state index contributed by atoms with van der Waals surface area (Å²) in [5.74, 6) is 0.876. The summed E-state index contributed by atoms with van der Waals surface area (Å²) in [6.07, 6.45) is 0.938. The third-order valence-corrected chi connectivity index (χ3v) is 7.48. The van der Waals surface area contributed by atoms with Gasteiger partial charge in [0, 0.05) is 36.1 Å². The number of benzene rings is 3. The average Bonchev–Trinajstić information content (AvgIpc) is 3.23. The van der Waals surface area contributed by atoms with Crippen molar-refractivity contribution in [3.8, 4) is 11.5 Å². The number of carbonyl (C=O) groups excluding carboxylic acids is 3. The highest BCUT2D eigenvalue weighted by Gasteiger charge is 2.54. The van der Waals surface area contributed by atoms with Crippen molar-refractivity contribution < 1.29 is 23.9 Å². The summed E-state index contributed by atoms with van der Waals surface area (Å²) in [5.41, 5.74) is 1.27. The molecule has 5 rings (SSSR count). The van der Waals surface area contributed by atoms with Gasteiger partial charge >= 0.3 is 0 Å². The first-order valence-corrected chi connectivity index (χ1v) is 12.9. The van der Waals surface area contributed by atoms with Crippen LogP contribution in [0.25, 0.3) is 0 Å². The highest BCUT2D eigenvalue weighted by atomic mass is 16.5. The molecule has 9 nitrogen and oxygen atoms in total. The molecule has 9 heteroatoms. The molecule has 2 aliphatic rings. The van der Waals surface area contributed by atoms with Crippen molar-refractivity contribution in [3.05, 3.63) is 84.4 Å². The lowest BCUT2D eigenvalue weighted by molar-refractivity contribution is -0.136. The van der Waals surface area contributed by atoms with Crippen molar-refractivity contribution in [2.24, 2.45) is 0 Å². The fourth-order valence-corrected chi connectivity index (χ4v) is 5.39. The van der Waals surface area contributed by atoms with Crippen molar-refractivity contribution in [3.63, 3.8) is 0 Å². The van der Waals surface area contributed by atoms with Crippen molar-refractivity contribution in [1.82, 2.24) is 9.80 Å². The summed E-state index contributed by atoms with van der Waals surface area (Å²) in [6.45, 7) is 1.09. The van der Waals surface area contributed by atoms with Crippen LogP contribution in [0.15, 0.2) is 78.9 Å². The molecule has 2 fully saturated rings. The van der Waals surface area contributed by atoms with Crippen molar-refractivity contribution in [2.75, 3.05) is 50.7 Å². The quantitative estimate of drug-likeness (QED) is 0.504. The van der Waals surface area contributed by atoms with Crippen LogP contribution in [-0.4, -0.2) is 73.6 Å². The predicted octanol–water partition coefficient (Wildman–Crippen LogP) is 3.62. The first-order valence-electron chi connectivity index (χ1n) is 12.9. The van der Waals surface area contributed by atoms with E-state index in [1.807, 2.05) is 30.3 Å². The summed E-state index contributed by atoms with van der Waals surface area (Å²) < 4.78 is 10.4. The lowest BCUT2D eigenvalue weighted by Gasteiger charge is -2.43. The Balaban J connectivity index is 1.32. The first kappa shape index (κ1) is 26.1. The number of ether oxygens (including phenoxy) is 2. The van der Waals surface area contributed by atoms with Crippen LogP contribution in [0.5, 0.6) is 11.5 Å². The van der Waals surface area contributed by atoms with E-state index in [0.29, 0.717) is 55.3 Å². The number of para-hydroxylation sites is 1. The van der Waals surface area contributed by atoms with Gasteiger partial charge in [-0.1, -0.05) is 24.3 Å². The number of likely N-dealkylation sites (tertiary alicyclic amines) is 1. The van der Waals surface area contributed by atoms with E-state index in [9.17, 15) is 14.4 Å². The van der Waals surface area contributed by atoms with E-state index in [1.54, 1.807) is 72.6 Å². The lowest BCUT2D eigenvalue weighted by Crippen LogP contribution is -2.57. The number of anilines is 2. The number of hydrogen-bond acceptors (Lipinski definition) is 6. The summed E-state index contributed by atoms with van der Waals surface area (Å²) in [6, 6.07) is 23.9. The van der Waals surface area contributed by atoms with Crippen molar-refractivity contribution in [2.45, 2.75) is 18.4 Å². The second-order valence-corrected chi connectivity index (χ2v) is 9.74. The van der Waals surface area contributed by atoms with E-state index in [-0.39, 0.29) is 24.3 Å². The summed E-state index contributed by atoms with van der Waals surface area (Å²) in [7, 11) is 3.15. The van der Waals surface area contributed by atoms with Gasteiger partial charge in [0.15, 0.2) is 0 Å². The molecule has 202 valence electrons. The zero-order chi connectivity index (χ0) is 27.4. The molecule has 2 heterocycles. The van der Waals surface area contributed by atoms with Crippen LogP contribution in [0.1, 0.15) is 23.2 Å². The summed E-state index contributed by atoms with van der Waals surface area (Å²) in [5, 5.41) is 2.87. The molecule has 0 aliphatic carbocycles. The maximum absolute atomic E-state index is 13.9. The zero-order valence-electron chi connectivity index (χ0n) is 22.1. The lowest BCUT2D eigenvalue weighted by atomic mass is 9.85. The van der Waals surface area contributed by atoms with E-state index in [0.717, 1.165) is 5.69 Å². The molecule has 2 aliphatic heterocycles. The van der Waals surface area contributed by atoms with Crippen molar-refractivity contribution >= 4 is 29.1 Å². The van der Waals surface area contributed by atoms with Crippen LogP contribution in [0.4, 0.5) is 11.4 Å². The van der Waals surface area contributed by atoms with Gasteiger partial charge in [0.25, 0.3) is 11.8 Å². The Morgan fingerprint density at radius 1 is 0.872 bits per heavy atom. The van der Waals surface area contributed by atoms with Gasteiger partial charge in [-0.2, -0.15) is 0 Å². The summed E-state index contributed by atoms with van der Waals surface area (Å²) in [4.78, 5) is 45.5. The fraction of sp³-hybridized carbons (Fsp3) is 0.300. The van der Waals surface area contributed by atoms with Crippen LogP contribution in [0, 0.1) is 0 Å². The molecular weight excluding hydrogens is 496 g/mol. The Labute approximate surface area is 227 Å². The SMILES string of the molecule is COc1ccc(C(=O)N2CCC3(CC2)C(=O)N(CC(=O)Nc2cccc(OC)c2)CN3c2ccccc2)cc1. The molecule has 3 aromatic rings. The molecule has 0 unspecified atom stereocenters. The Kier molecular flexibility index (Phi) is 7.40. The van der Waals surface area contributed by atoms with E-state index >= 15 is 0 Å². The Morgan fingerprint density at radius 3 is 2.23 bits per heavy atom. The second kappa shape index (κ2) is 11.1. The first-order chi connectivity index (χ1) is 18.9. The van der Waals surface area contributed by atoms with Gasteiger partial charge in [0.2, 0.25) is 5.91 Å². The third-order valence-electron chi connectivity index (χ3n) is 7.48. The third kappa shape index (κ3) is 5.25. The summed E-state index contributed by atoms with van der Waals surface area (Å²) >= 11 is 0. The molecule has 0 radical (unpaired) electrons. The molecule has 0 saturated carbocycles. The van der Waals surface area contributed by atoms with Crippen molar-refractivity contribution in [1.29, 1.82) is 0 Å². The van der Waals surface area contributed by atoms with Crippen LogP contribution >= 0.6 is 0 Å². The van der Waals surface area contributed by atoms with Crippen LogP contribution in [0.2, 0.25) is 0 Å². The van der Waals surface area contributed by atoms with E-state index in [4.69, 9.17) is 9.47 Å². The number of rotatable bonds is 7. The zero-order valence-corrected chi connectivity index (χ0v) is 22.1. The molecule has 2 saturated heterocycles. The Hall–Kier alpha value is -4.53. The number of amides is 3. The molecule has 1 spiro atoms. The minimum Gasteiger partial charge on any atom is -0.497 e. The van der Waals surface area contributed by atoms with E-state index < -0.39 is 5.54 Å². The Bertz CT molecular complexity index is 1340. The highest BCUT2D eigenvalue weighted by molar-refractivity contribution is 6.00. The van der Waals surface area contributed by atoms with Gasteiger partial charge in [-0.25, -0.2) is 0 Å². The van der Waals surface area contributed by atoms with Gasteiger partial charge in [0.1, 0.15) is 23.6 Å². The average molecular weight is 529 g/mol. The number of carbonyl (C=O) groups is 3. The van der Waals surface area contributed by atoms with Crippen LogP contribution in [0.3, 0.4) is 0 Å². The monoisotopic (exact) mass is 528 g/mol. The number of nitrogens with one attached hydrogen (secondary N) is 1. The number of hydrogen-bond donors (Lipinski definition) is 1. The molecule has 0 bridgehead atoms. The smallest absolute Gasteiger partial charge is 0.253 e. The Morgan fingerprint density at radius 2 is 1.56 bits per heavy atom. The van der Waals surface area contributed by atoms with Gasteiger partial charge in [-0.05, 0) is 61.4 Å². The topological polar surface area (TPSA) is 91.4 Å². The molecule has 0 aromatic heterocycles. The van der Waals surface area contributed by atoms with E-state index in [1.165, 1.54) is 0 Å². The molecule has 39 heavy (non-hydrogen) atoms. The van der Waals surface area contributed by atoms with Crippen LogP contribution < -0.4 is 19.7 Å². The number of nitrogens with zero attached hydrogens (tertiary/aromatic N) is 3. The fourth-order valence-electron chi connectivity index (χ4n) is 5.39. The predicted molar refractivity (Wildman–Crippen MR) is 148 cm³/mol. The van der Waals surface area contributed by atoms with Gasteiger partial charge in [-0.3, -0.25) is 14.4 Å². The minimum atomic E-state index is -0.825. The maximum Gasteiger partial charge on any atom is 0.253 e. The minimum absolute atomic E-state index is 0.0706. The molecular formula is C30H32N4O5. The van der Waals surface area contributed by atoms with Gasteiger partial charge in [0.05, 0.1) is 20.9 Å². The molecule has 0 atom stereocenters. The van der Waals surface area contributed by atoms with Gasteiger partial charge < -0.3 is 29.5 Å². The number of methoxy groups -OCH3 is 2. The molecule has 1 N–H and O–H groups in total. The van der Waals surface area contributed by atoms with E-state index in [2.05, 4.69) is 10.2 Å². The van der Waals surface area contributed by atoms with Gasteiger partial charge in [-0.15, -0.1) is 0 Å². The second-order valence-electron chi connectivity index (χ2n) is 9.74. The number of piperidine rings is 1. The largest absolute Gasteiger partial charge is 0.497 e. The molecule has 3 amide bonds. The normalized spacial score (nSPS) is 16.4. The maximum atomic E-state index is 13.9.